The van der Waals surface area contributed by atoms with Crippen molar-refractivity contribution >= 4 is 45.6 Å². The van der Waals surface area contributed by atoms with Crippen molar-refractivity contribution in [3.05, 3.63) is 36.7 Å². The van der Waals surface area contributed by atoms with Crippen molar-refractivity contribution < 1.29 is 8.42 Å². The molecule has 1 unspecified atom stereocenters. The van der Waals surface area contributed by atoms with E-state index >= 15 is 0 Å². The molecule has 2 aromatic rings. The van der Waals surface area contributed by atoms with Gasteiger partial charge in [0.05, 0.1) is 4.90 Å². The topological polar surface area (TPSA) is 76.3 Å². The minimum absolute atomic E-state index is 0. The van der Waals surface area contributed by atoms with E-state index in [4.69, 9.17) is 5.73 Å². The van der Waals surface area contributed by atoms with Crippen LogP contribution >= 0.6 is 24.8 Å². The minimum atomic E-state index is -3.47. The van der Waals surface area contributed by atoms with Gasteiger partial charge in [0.15, 0.2) is 0 Å². The molecule has 0 bridgehead atoms. The number of fused-ring (bicyclic) bond motifs is 1. The molecule has 0 saturated carbocycles. The number of nitrogens with two attached hydrogens (primary N) is 1. The smallest absolute Gasteiger partial charge is 0.243 e. The number of aromatic nitrogens is 1. The van der Waals surface area contributed by atoms with Crippen LogP contribution in [0.15, 0.2) is 41.6 Å². The zero-order chi connectivity index (χ0) is 15.7. The Morgan fingerprint density at radius 1 is 1.21 bits per heavy atom. The molecule has 24 heavy (non-hydrogen) atoms. The highest BCUT2D eigenvalue weighted by Gasteiger charge is 2.31. The summed E-state index contributed by atoms with van der Waals surface area (Å²) in [5, 5.41) is 1.57. The summed E-state index contributed by atoms with van der Waals surface area (Å²) >= 11 is 0. The summed E-state index contributed by atoms with van der Waals surface area (Å²) in [4.78, 5) is 4.42. The molecule has 3 rings (SSSR count). The Morgan fingerprint density at radius 3 is 2.50 bits per heavy atom. The van der Waals surface area contributed by atoms with E-state index in [2.05, 4.69) is 4.98 Å². The molecule has 0 radical (unpaired) electrons. The predicted octanol–water partition coefficient (Wildman–Crippen LogP) is 2.83. The molecular formula is C16H23Cl2N3O2S. The Morgan fingerprint density at radius 2 is 1.88 bits per heavy atom. The van der Waals surface area contributed by atoms with Crippen LogP contribution in [0, 0.1) is 5.92 Å². The summed E-state index contributed by atoms with van der Waals surface area (Å²) in [6.07, 6.45) is 4.97. The van der Waals surface area contributed by atoms with Crippen LogP contribution < -0.4 is 5.73 Å². The van der Waals surface area contributed by atoms with E-state index in [0.29, 0.717) is 23.9 Å². The Kier molecular flexibility index (Phi) is 7.44. The van der Waals surface area contributed by atoms with E-state index < -0.39 is 10.0 Å². The fourth-order valence-electron chi connectivity index (χ4n) is 3.10. The maximum Gasteiger partial charge on any atom is 0.243 e. The monoisotopic (exact) mass is 391 g/mol. The Balaban J connectivity index is 0.00000144. The molecule has 0 amide bonds. The summed E-state index contributed by atoms with van der Waals surface area (Å²) in [5.41, 5.74) is 5.93. The molecule has 1 aromatic heterocycles. The lowest BCUT2D eigenvalue weighted by Crippen LogP contribution is -2.42. The van der Waals surface area contributed by atoms with Gasteiger partial charge < -0.3 is 5.73 Å². The van der Waals surface area contributed by atoms with Gasteiger partial charge in [-0.1, -0.05) is 12.1 Å². The van der Waals surface area contributed by atoms with E-state index in [1.165, 1.54) is 0 Å². The number of nitrogens with zero attached hydrogens (tertiary/aromatic N) is 2. The second kappa shape index (κ2) is 8.45. The first-order chi connectivity index (χ1) is 10.5. The molecule has 1 aliphatic rings. The molecule has 5 nitrogen and oxygen atoms in total. The third kappa shape index (κ3) is 4.00. The number of benzene rings is 1. The third-order valence-electron chi connectivity index (χ3n) is 4.50. The van der Waals surface area contributed by atoms with Crippen LogP contribution in [-0.2, 0) is 10.0 Å². The number of hydrogen-bond acceptors (Lipinski definition) is 4. The molecule has 1 aliphatic heterocycles. The lowest BCUT2D eigenvalue weighted by molar-refractivity contribution is 0.251. The minimum Gasteiger partial charge on any atom is -0.328 e. The largest absolute Gasteiger partial charge is 0.328 e. The van der Waals surface area contributed by atoms with Gasteiger partial charge in [-0.3, -0.25) is 4.98 Å². The first-order valence-electron chi connectivity index (χ1n) is 7.58. The Bertz CT molecular complexity index is 770. The average molecular weight is 392 g/mol. The van der Waals surface area contributed by atoms with Gasteiger partial charge in [0.25, 0.3) is 0 Å². The zero-order valence-electron chi connectivity index (χ0n) is 13.5. The van der Waals surface area contributed by atoms with E-state index in [0.717, 1.165) is 23.6 Å². The molecule has 0 spiro atoms. The zero-order valence-corrected chi connectivity index (χ0v) is 15.9. The van der Waals surface area contributed by atoms with Crippen LogP contribution in [0.1, 0.15) is 19.8 Å². The molecule has 134 valence electrons. The molecule has 1 fully saturated rings. The number of rotatable bonds is 3. The maximum atomic E-state index is 13.0. The van der Waals surface area contributed by atoms with Gasteiger partial charge in [-0.05, 0) is 37.8 Å². The Hall–Kier alpha value is -0.920. The second-order valence-electron chi connectivity index (χ2n) is 5.95. The molecule has 0 aliphatic carbocycles. The van der Waals surface area contributed by atoms with E-state index in [9.17, 15) is 8.42 Å². The standard InChI is InChI=1S/C16H21N3O2S.2ClH/c1-12(17)13-6-9-19(10-7-13)22(20,21)16-4-2-3-14-11-18-8-5-15(14)16;;/h2-5,8,11-13H,6-7,9-10,17H2,1H3;2*1H. The van der Waals surface area contributed by atoms with Gasteiger partial charge in [0.1, 0.15) is 0 Å². The van der Waals surface area contributed by atoms with E-state index in [1.54, 1.807) is 34.9 Å². The van der Waals surface area contributed by atoms with Crippen molar-refractivity contribution in [1.29, 1.82) is 0 Å². The molecule has 8 heteroatoms. The van der Waals surface area contributed by atoms with Crippen molar-refractivity contribution in [1.82, 2.24) is 9.29 Å². The third-order valence-corrected chi connectivity index (χ3v) is 6.46. The number of sulfonamides is 1. The molecule has 1 atom stereocenters. The van der Waals surface area contributed by atoms with Crippen LogP contribution in [0.25, 0.3) is 10.8 Å². The van der Waals surface area contributed by atoms with Crippen LogP contribution in [-0.4, -0.2) is 36.8 Å². The normalized spacial score (nSPS) is 17.8. The number of piperidine rings is 1. The summed E-state index contributed by atoms with van der Waals surface area (Å²) in [6.45, 7) is 3.07. The maximum absolute atomic E-state index is 13.0. The van der Waals surface area contributed by atoms with Crippen LogP contribution in [0.4, 0.5) is 0 Å². The summed E-state index contributed by atoms with van der Waals surface area (Å²) in [5.74, 6) is 0.406. The van der Waals surface area contributed by atoms with E-state index in [-0.39, 0.29) is 30.9 Å². The highest BCUT2D eigenvalue weighted by Crippen LogP contribution is 2.29. The van der Waals surface area contributed by atoms with Gasteiger partial charge in [0, 0.05) is 42.3 Å². The average Bonchev–Trinajstić information content (AvgIpc) is 2.54. The van der Waals surface area contributed by atoms with Gasteiger partial charge >= 0.3 is 0 Å². The quantitative estimate of drug-likeness (QED) is 0.872. The van der Waals surface area contributed by atoms with Gasteiger partial charge in [-0.15, -0.1) is 24.8 Å². The van der Waals surface area contributed by atoms with E-state index in [1.807, 2.05) is 13.0 Å². The van der Waals surface area contributed by atoms with Crippen molar-refractivity contribution in [3.8, 4) is 0 Å². The molecule has 1 aromatic carbocycles. The van der Waals surface area contributed by atoms with Crippen molar-refractivity contribution in [3.63, 3.8) is 0 Å². The van der Waals surface area contributed by atoms with Crippen LogP contribution in [0.5, 0.6) is 0 Å². The van der Waals surface area contributed by atoms with Gasteiger partial charge in [0.2, 0.25) is 10.0 Å². The fourth-order valence-corrected chi connectivity index (χ4v) is 4.78. The predicted molar refractivity (Wildman–Crippen MR) is 101 cm³/mol. The van der Waals surface area contributed by atoms with Crippen LogP contribution in [0.2, 0.25) is 0 Å². The molecule has 1 saturated heterocycles. The first kappa shape index (κ1) is 21.1. The number of halogens is 2. The number of hydrogen-bond donors (Lipinski definition) is 1. The van der Waals surface area contributed by atoms with Crippen molar-refractivity contribution in [2.45, 2.75) is 30.7 Å². The van der Waals surface area contributed by atoms with Gasteiger partial charge in [-0.2, -0.15) is 4.31 Å². The first-order valence-corrected chi connectivity index (χ1v) is 9.02. The van der Waals surface area contributed by atoms with Gasteiger partial charge in [-0.25, -0.2) is 8.42 Å². The Labute approximate surface area is 155 Å². The van der Waals surface area contributed by atoms with Crippen molar-refractivity contribution in [2.75, 3.05) is 13.1 Å². The molecule has 2 heterocycles. The highest BCUT2D eigenvalue weighted by atomic mass is 35.5. The molecule has 2 N–H and O–H groups in total. The van der Waals surface area contributed by atoms with Crippen molar-refractivity contribution in [2.24, 2.45) is 11.7 Å². The lowest BCUT2D eigenvalue weighted by atomic mass is 9.92. The summed E-state index contributed by atoms with van der Waals surface area (Å²) in [7, 11) is -3.47. The fraction of sp³-hybridized carbons (Fsp3) is 0.438. The van der Waals surface area contributed by atoms with Crippen LogP contribution in [0.3, 0.4) is 0 Å². The molecular weight excluding hydrogens is 369 g/mol. The summed E-state index contributed by atoms with van der Waals surface area (Å²) < 4.78 is 27.5. The highest BCUT2D eigenvalue weighted by molar-refractivity contribution is 7.89. The number of pyridine rings is 1. The SMILES string of the molecule is CC(N)C1CCN(S(=O)(=O)c2cccc3cnccc23)CC1.Cl.Cl. The lowest BCUT2D eigenvalue weighted by Gasteiger charge is -2.33. The summed E-state index contributed by atoms with van der Waals surface area (Å²) in [6, 6.07) is 7.20. The second-order valence-corrected chi connectivity index (χ2v) is 7.86.